The summed E-state index contributed by atoms with van der Waals surface area (Å²) in [5, 5.41) is 0.951. The van der Waals surface area contributed by atoms with Crippen LogP contribution >= 0.6 is 11.6 Å². The van der Waals surface area contributed by atoms with Crippen molar-refractivity contribution >= 4 is 28.5 Å². The lowest BCUT2D eigenvalue weighted by Gasteiger charge is -2.16. The van der Waals surface area contributed by atoms with E-state index in [9.17, 15) is 9.59 Å². The first-order valence-electron chi connectivity index (χ1n) is 8.99. The average Bonchev–Trinajstić information content (AvgIpc) is 2.66. The number of esters is 1. The predicted octanol–water partition coefficient (Wildman–Crippen LogP) is 5.06. The molecule has 0 saturated carbocycles. The largest absolute Gasteiger partial charge is 0.471 e. The molecule has 0 radical (unpaired) electrons. The number of hydrogen-bond donors (Lipinski definition) is 0. The van der Waals surface area contributed by atoms with Crippen LogP contribution in [0.5, 0.6) is 5.75 Å². The van der Waals surface area contributed by atoms with Gasteiger partial charge in [0.25, 0.3) is 0 Å². The van der Waals surface area contributed by atoms with Gasteiger partial charge in [-0.1, -0.05) is 11.6 Å². The molecule has 28 heavy (non-hydrogen) atoms. The molecule has 3 rings (SSSR count). The highest BCUT2D eigenvalue weighted by atomic mass is 35.5. The molecule has 5 nitrogen and oxygen atoms in total. The van der Waals surface area contributed by atoms with Crippen LogP contribution < -0.4 is 10.2 Å². The van der Waals surface area contributed by atoms with E-state index in [-0.39, 0.29) is 23.5 Å². The van der Waals surface area contributed by atoms with Gasteiger partial charge in [-0.05, 0) is 75.2 Å². The Hall–Kier alpha value is -2.79. The van der Waals surface area contributed by atoms with E-state index < -0.39 is 12.1 Å². The SMILES string of the molecule is CCOC(=O)C(C)Oc1c(-c2ccc(Cl)cc2)oc2cc(C)c(C)cc2c1=O. The number of carbonyl (C=O) groups excluding carboxylic acids is 1. The molecule has 0 aliphatic rings. The van der Waals surface area contributed by atoms with Gasteiger partial charge in [-0.25, -0.2) is 4.79 Å². The zero-order chi connectivity index (χ0) is 20.4. The Bertz CT molecular complexity index is 1080. The van der Waals surface area contributed by atoms with Crippen molar-refractivity contribution < 1.29 is 18.7 Å². The number of rotatable bonds is 5. The van der Waals surface area contributed by atoms with Crippen LogP contribution in [0.15, 0.2) is 45.6 Å². The van der Waals surface area contributed by atoms with Crippen molar-refractivity contribution in [3.63, 3.8) is 0 Å². The van der Waals surface area contributed by atoms with Crippen LogP contribution in [0, 0.1) is 13.8 Å². The number of fused-ring (bicyclic) bond motifs is 1. The Morgan fingerprint density at radius 2 is 1.79 bits per heavy atom. The molecule has 0 spiro atoms. The maximum absolute atomic E-state index is 13.2. The van der Waals surface area contributed by atoms with Crippen LogP contribution in [0.1, 0.15) is 25.0 Å². The zero-order valence-corrected chi connectivity index (χ0v) is 16.9. The van der Waals surface area contributed by atoms with Gasteiger partial charge in [0.15, 0.2) is 11.9 Å². The number of carbonyl (C=O) groups is 1. The quantitative estimate of drug-likeness (QED) is 0.560. The normalized spacial score (nSPS) is 12.0. The number of benzene rings is 2. The summed E-state index contributed by atoms with van der Waals surface area (Å²) in [7, 11) is 0. The second kappa shape index (κ2) is 8.07. The molecule has 6 heteroatoms. The molecule has 0 amide bonds. The highest BCUT2D eigenvalue weighted by Crippen LogP contribution is 2.33. The van der Waals surface area contributed by atoms with Crippen molar-refractivity contribution in [2.24, 2.45) is 0 Å². The fourth-order valence-electron chi connectivity index (χ4n) is 2.82. The maximum atomic E-state index is 13.2. The number of hydrogen-bond acceptors (Lipinski definition) is 5. The van der Waals surface area contributed by atoms with Crippen molar-refractivity contribution in [3.8, 4) is 17.1 Å². The average molecular weight is 401 g/mol. The van der Waals surface area contributed by atoms with Crippen molar-refractivity contribution in [1.29, 1.82) is 0 Å². The summed E-state index contributed by atoms with van der Waals surface area (Å²) in [6.07, 6.45) is -0.960. The van der Waals surface area contributed by atoms with Gasteiger partial charge in [0.05, 0.1) is 12.0 Å². The van der Waals surface area contributed by atoms with Gasteiger partial charge in [-0.15, -0.1) is 0 Å². The number of aryl methyl sites for hydroxylation is 2. The molecule has 0 aliphatic carbocycles. The molecule has 0 saturated heterocycles. The van der Waals surface area contributed by atoms with Gasteiger partial charge >= 0.3 is 5.97 Å². The van der Waals surface area contributed by atoms with E-state index in [2.05, 4.69) is 0 Å². The highest BCUT2D eigenvalue weighted by Gasteiger charge is 2.24. The lowest BCUT2D eigenvalue weighted by molar-refractivity contribution is -0.150. The molecule has 0 aliphatic heterocycles. The maximum Gasteiger partial charge on any atom is 0.347 e. The van der Waals surface area contributed by atoms with Gasteiger partial charge in [-0.2, -0.15) is 0 Å². The molecule has 3 aromatic rings. The molecule has 1 atom stereocenters. The van der Waals surface area contributed by atoms with Gasteiger partial charge in [0.2, 0.25) is 11.2 Å². The summed E-state index contributed by atoms with van der Waals surface area (Å²) >= 11 is 5.98. The van der Waals surface area contributed by atoms with E-state index in [1.165, 1.54) is 6.92 Å². The van der Waals surface area contributed by atoms with Crippen LogP contribution in [-0.4, -0.2) is 18.7 Å². The van der Waals surface area contributed by atoms with Crippen LogP contribution in [0.4, 0.5) is 0 Å². The second-order valence-electron chi connectivity index (χ2n) is 6.54. The summed E-state index contributed by atoms with van der Waals surface area (Å²) in [5.74, 6) is -0.337. The van der Waals surface area contributed by atoms with E-state index in [0.29, 0.717) is 21.6 Å². The topological polar surface area (TPSA) is 65.7 Å². The van der Waals surface area contributed by atoms with Crippen molar-refractivity contribution in [2.75, 3.05) is 6.61 Å². The molecule has 0 fully saturated rings. The minimum absolute atomic E-state index is 0.0290. The van der Waals surface area contributed by atoms with E-state index in [1.54, 1.807) is 37.3 Å². The monoisotopic (exact) mass is 400 g/mol. The summed E-state index contributed by atoms with van der Waals surface area (Å²) in [5.41, 5.74) is 2.70. The first-order valence-corrected chi connectivity index (χ1v) is 9.37. The molecule has 146 valence electrons. The van der Waals surface area contributed by atoms with Crippen LogP contribution in [0.25, 0.3) is 22.3 Å². The van der Waals surface area contributed by atoms with Crippen LogP contribution in [0.2, 0.25) is 5.02 Å². The third-order valence-electron chi connectivity index (χ3n) is 4.48. The van der Waals surface area contributed by atoms with Crippen molar-refractivity contribution in [3.05, 3.63) is 62.8 Å². The van der Waals surface area contributed by atoms with E-state index in [0.717, 1.165) is 11.1 Å². The minimum atomic E-state index is -0.960. The van der Waals surface area contributed by atoms with E-state index in [1.807, 2.05) is 19.9 Å². The molecule has 0 N–H and O–H groups in total. The van der Waals surface area contributed by atoms with Gasteiger partial charge in [0.1, 0.15) is 5.58 Å². The Balaban J connectivity index is 2.23. The summed E-state index contributed by atoms with van der Waals surface area (Å²) in [6.45, 7) is 7.33. The minimum Gasteiger partial charge on any atom is -0.471 e. The third-order valence-corrected chi connectivity index (χ3v) is 4.74. The number of halogens is 1. The number of ether oxygens (including phenoxy) is 2. The fraction of sp³-hybridized carbons (Fsp3) is 0.273. The molecular formula is C22H21ClO5. The first-order chi connectivity index (χ1) is 13.3. The lowest BCUT2D eigenvalue weighted by atomic mass is 10.0. The Morgan fingerprint density at radius 3 is 2.43 bits per heavy atom. The summed E-state index contributed by atoms with van der Waals surface area (Å²) in [4.78, 5) is 25.2. The molecule has 1 unspecified atom stereocenters. The molecule has 1 aromatic heterocycles. The Morgan fingerprint density at radius 1 is 1.14 bits per heavy atom. The lowest BCUT2D eigenvalue weighted by Crippen LogP contribution is -2.28. The Kier molecular flexibility index (Phi) is 5.75. The highest BCUT2D eigenvalue weighted by molar-refractivity contribution is 6.30. The second-order valence-corrected chi connectivity index (χ2v) is 6.98. The van der Waals surface area contributed by atoms with E-state index >= 15 is 0 Å². The first kappa shape index (κ1) is 20.0. The third kappa shape index (κ3) is 3.90. The molecule has 2 aromatic carbocycles. The van der Waals surface area contributed by atoms with Crippen LogP contribution in [0.3, 0.4) is 0 Å². The molecule has 1 heterocycles. The Labute approximate surface area is 167 Å². The summed E-state index contributed by atoms with van der Waals surface area (Å²) in [6, 6.07) is 10.4. The standard InChI is InChI=1S/C22H21ClO5/c1-5-26-22(25)14(4)27-21-19(24)17-10-12(2)13(3)11-18(17)28-20(21)15-6-8-16(23)9-7-15/h6-11,14H,5H2,1-4H3. The zero-order valence-electron chi connectivity index (χ0n) is 16.2. The smallest absolute Gasteiger partial charge is 0.347 e. The van der Waals surface area contributed by atoms with Gasteiger partial charge in [-0.3, -0.25) is 4.79 Å². The molecular weight excluding hydrogens is 380 g/mol. The van der Waals surface area contributed by atoms with Crippen LogP contribution in [-0.2, 0) is 9.53 Å². The molecule has 0 bridgehead atoms. The van der Waals surface area contributed by atoms with Crippen molar-refractivity contribution in [2.45, 2.75) is 33.8 Å². The van der Waals surface area contributed by atoms with Crippen molar-refractivity contribution in [1.82, 2.24) is 0 Å². The van der Waals surface area contributed by atoms with E-state index in [4.69, 9.17) is 25.5 Å². The predicted molar refractivity (Wildman–Crippen MR) is 109 cm³/mol. The fourth-order valence-corrected chi connectivity index (χ4v) is 2.94. The van der Waals surface area contributed by atoms with Gasteiger partial charge in [0, 0.05) is 10.6 Å². The van der Waals surface area contributed by atoms with Gasteiger partial charge < -0.3 is 13.9 Å². The summed E-state index contributed by atoms with van der Waals surface area (Å²) < 4.78 is 16.8.